The highest BCUT2D eigenvalue weighted by molar-refractivity contribution is 5.92. The number of amides is 2. The predicted octanol–water partition coefficient (Wildman–Crippen LogP) is 4.85. The summed E-state index contributed by atoms with van der Waals surface area (Å²) in [5.74, 6) is 0.892. The quantitative estimate of drug-likeness (QED) is 0.608. The number of carbonyl (C=O) groups excluding carboxylic acids is 2. The maximum Gasteiger partial charge on any atom is 0.227 e. The number of carbonyl (C=O) groups is 2. The number of hydrogen-bond acceptors (Lipinski definition) is 3. The minimum atomic E-state index is -0.172. The number of fused-ring (bicyclic) bond motifs is 1. The Morgan fingerprint density at radius 2 is 1.91 bits per heavy atom. The van der Waals surface area contributed by atoms with Crippen molar-refractivity contribution in [3.05, 3.63) is 53.3 Å². The second kappa shape index (κ2) is 8.90. The molecule has 2 amide bonds. The molecule has 4 heterocycles. The fourth-order valence-electron chi connectivity index (χ4n) is 5.73. The van der Waals surface area contributed by atoms with Crippen LogP contribution in [0.2, 0.25) is 0 Å². The van der Waals surface area contributed by atoms with Crippen LogP contribution in [0.4, 0.5) is 0 Å². The monoisotopic (exact) mass is 458 g/mol. The van der Waals surface area contributed by atoms with Gasteiger partial charge in [-0.2, -0.15) is 0 Å². The Morgan fingerprint density at radius 1 is 1.15 bits per heavy atom. The van der Waals surface area contributed by atoms with E-state index in [1.165, 1.54) is 33.3 Å². The molecule has 3 aromatic rings. The second-order valence-corrected chi connectivity index (χ2v) is 10.3. The summed E-state index contributed by atoms with van der Waals surface area (Å²) in [7, 11) is 1.78. The van der Waals surface area contributed by atoms with Crippen molar-refractivity contribution in [2.24, 2.45) is 5.92 Å². The van der Waals surface area contributed by atoms with E-state index in [2.05, 4.69) is 54.1 Å². The fourth-order valence-corrected chi connectivity index (χ4v) is 5.73. The van der Waals surface area contributed by atoms with Crippen molar-refractivity contribution >= 4 is 22.7 Å². The van der Waals surface area contributed by atoms with Crippen molar-refractivity contribution < 1.29 is 9.59 Å². The number of likely N-dealkylation sites (tertiary alicyclic amines) is 2. The van der Waals surface area contributed by atoms with Crippen LogP contribution in [0.25, 0.3) is 22.2 Å². The highest BCUT2D eigenvalue weighted by Gasteiger charge is 2.36. The van der Waals surface area contributed by atoms with E-state index in [-0.39, 0.29) is 17.7 Å². The van der Waals surface area contributed by atoms with Gasteiger partial charge >= 0.3 is 0 Å². The number of pyridine rings is 1. The van der Waals surface area contributed by atoms with E-state index >= 15 is 0 Å². The Balaban J connectivity index is 1.36. The number of rotatable bonds is 4. The summed E-state index contributed by atoms with van der Waals surface area (Å²) in [6.07, 6.45) is 4.16. The number of H-pyrrole nitrogens is 1. The van der Waals surface area contributed by atoms with Gasteiger partial charge in [-0.05, 0) is 67.0 Å². The molecule has 0 aliphatic carbocycles. The molecule has 0 bridgehead atoms. The Morgan fingerprint density at radius 3 is 2.56 bits per heavy atom. The third-order valence-corrected chi connectivity index (χ3v) is 7.59. The number of benzene rings is 1. The minimum absolute atomic E-state index is 0.0790. The molecule has 1 unspecified atom stereocenters. The highest BCUT2D eigenvalue weighted by atomic mass is 16.2. The largest absolute Gasteiger partial charge is 0.354 e. The number of nitrogens with one attached hydrogen (secondary N) is 1. The average molecular weight is 459 g/mol. The van der Waals surface area contributed by atoms with Gasteiger partial charge in [-0.25, -0.2) is 0 Å². The molecule has 2 saturated heterocycles. The van der Waals surface area contributed by atoms with Crippen LogP contribution in [0.1, 0.15) is 61.8 Å². The lowest BCUT2D eigenvalue weighted by Crippen LogP contribution is -2.42. The predicted molar refractivity (Wildman–Crippen MR) is 135 cm³/mol. The van der Waals surface area contributed by atoms with Gasteiger partial charge in [-0.15, -0.1) is 0 Å². The zero-order valence-electron chi connectivity index (χ0n) is 20.6. The maximum absolute atomic E-state index is 12.9. The Labute approximate surface area is 201 Å². The summed E-state index contributed by atoms with van der Waals surface area (Å²) >= 11 is 0. The highest BCUT2D eigenvalue weighted by Crippen LogP contribution is 2.38. The topological polar surface area (TPSA) is 69.3 Å². The van der Waals surface area contributed by atoms with Crippen LogP contribution in [0.5, 0.6) is 0 Å². The third-order valence-electron chi connectivity index (χ3n) is 7.59. The van der Waals surface area contributed by atoms with Gasteiger partial charge in [0.05, 0.1) is 11.6 Å². The number of piperidine rings is 1. The molecule has 1 atom stereocenters. The molecule has 2 aromatic heterocycles. The first-order valence-electron chi connectivity index (χ1n) is 12.4. The normalized spacial score (nSPS) is 19.6. The molecule has 5 rings (SSSR count). The van der Waals surface area contributed by atoms with Gasteiger partial charge in [0.15, 0.2) is 0 Å². The first kappa shape index (κ1) is 22.6. The molecule has 2 aliphatic rings. The van der Waals surface area contributed by atoms with Crippen LogP contribution in [0.3, 0.4) is 0 Å². The van der Waals surface area contributed by atoms with E-state index < -0.39 is 0 Å². The maximum atomic E-state index is 12.9. The molecular weight excluding hydrogens is 424 g/mol. The fraction of sp³-hybridized carbons (Fsp3) is 0.464. The molecule has 0 radical (unpaired) electrons. The van der Waals surface area contributed by atoms with E-state index in [1.54, 1.807) is 11.9 Å². The van der Waals surface area contributed by atoms with Crippen LogP contribution in [-0.4, -0.2) is 58.3 Å². The van der Waals surface area contributed by atoms with Crippen molar-refractivity contribution in [2.75, 3.05) is 26.7 Å². The van der Waals surface area contributed by atoms with Crippen molar-refractivity contribution in [1.29, 1.82) is 0 Å². The molecule has 34 heavy (non-hydrogen) atoms. The van der Waals surface area contributed by atoms with E-state index in [0.717, 1.165) is 31.6 Å². The molecular formula is C28H34N4O2. The first-order chi connectivity index (χ1) is 16.3. The standard InChI is InChI=1S/C28H34N4O2/c1-17(2)26-23-14-20(5-6-24(23)30-27(26)21-7-10-29-18(3)13-21)19-8-11-32(12-9-19)28(34)22-15-25(33)31(4)16-22/h5-7,10,13-14,17,19,22,30H,8-9,11-12,15-16H2,1-4H3. The van der Waals surface area contributed by atoms with Crippen LogP contribution in [-0.2, 0) is 9.59 Å². The van der Waals surface area contributed by atoms with Gasteiger partial charge in [-0.1, -0.05) is 19.9 Å². The van der Waals surface area contributed by atoms with Crippen LogP contribution >= 0.6 is 0 Å². The Hall–Kier alpha value is -3.15. The third kappa shape index (κ3) is 4.10. The van der Waals surface area contributed by atoms with Crippen LogP contribution < -0.4 is 0 Å². The molecule has 0 spiro atoms. The van der Waals surface area contributed by atoms with Crippen molar-refractivity contribution in [1.82, 2.24) is 19.8 Å². The molecule has 1 aromatic carbocycles. The van der Waals surface area contributed by atoms with Gasteiger partial charge in [0.1, 0.15) is 0 Å². The molecule has 0 saturated carbocycles. The lowest BCUT2D eigenvalue weighted by atomic mass is 9.87. The summed E-state index contributed by atoms with van der Waals surface area (Å²) in [5, 5.41) is 1.29. The summed E-state index contributed by atoms with van der Waals surface area (Å²) in [5.41, 5.74) is 7.25. The Bertz CT molecular complexity index is 1240. The van der Waals surface area contributed by atoms with E-state index in [1.807, 2.05) is 18.0 Å². The SMILES string of the molecule is Cc1cc(-c2[nH]c3ccc(C4CCN(C(=O)C5CC(=O)N(C)C5)CC4)cc3c2C(C)C)ccn1. The molecule has 6 nitrogen and oxygen atoms in total. The van der Waals surface area contributed by atoms with Crippen LogP contribution in [0.15, 0.2) is 36.5 Å². The van der Waals surface area contributed by atoms with Gasteiger partial charge in [-0.3, -0.25) is 14.6 Å². The van der Waals surface area contributed by atoms with E-state index in [0.29, 0.717) is 24.8 Å². The zero-order valence-corrected chi connectivity index (χ0v) is 20.6. The number of aromatic amines is 1. The summed E-state index contributed by atoms with van der Waals surface area (Å²) in [6.45, 7) is 8.62. The van der Waals surface area contributed by atoms with Crippen LogP contribution in [0, 0.1) is 12.8 Å². The van der Waals surface area contributed by atoms with Crippen molar-refractivity contribution in [2.45, 2.75) is 51.9 Å². The lowest BCUT2D eigenvalue weighted by Gasteiger charge is -2.33. The van der Waals surface area contributed by atoms with Gasteiger partial charge in [0, 0.05) is 61.5 Å². The van der Waals surface area contributed by atoms with Crippen molar-refractivity contribution in [3.63, 3.8) is 0 Å². The average Bonchev–Trinajstić information content (AvgIpc) is 3.38. The molecule has 1 N–H and O–H groups in total. The summed E-state index contributed by atoms with van der Waals surface area (Å²) in [4.78, 5) is 36.5. The van der Waals surface area contributed by atoms with Gasteiger partial charge in [0.2, 0.25) is 11.8 Å². The first-order valence-corrected chi connectivity index (χ1v) is 12.4. The molecule has 6 heteroatoms. The number of nitrogens with zero attached hydrogens (tertiary/aromatic N) is 3. The van der Waals surface area contributed by atoms with E-state index in [4.69, 9.17) is 0 Å². The number of aromatic nitrogens is 2. The summed E-state index contributed by atoms with van der Waals surface area (Å²) < 4.78 is 0. The van der Waals surface area contributed by atoms with E-state index in [9.17, 15) is 9.59 Å². The lowest BCUT2D eigenvalue weighted by molar-refractivity contribution is -0.136. The molecule has 2 aliphatic heterocycles. The van der Waals surface area contributed by atoms with Gasteiger partial charge in [0.25, 0.3) is 0 Å². The Kier molecular flexibility index (Phi) is 5.92. The van der Waals surface area contributed by atoms with Gasteiger partial charge < -0.3 is 14.8 Å². The molecule has 178 valence electrons. The zero-order chi connectivity index (χ0) is 24.0. The number of hydrogen-bond donors (Lipinski definition) is 1. The van der Waals surface area contributed by atoms with Crippen molar-refractivity contribution in [3.8, 4) is 11.3 Å². The minimum Gasteiger partial charge on any atom is -0.354 e. The smallest absolute Gasteiger partial charge is 0.227 e. The summed E-state index contributed by atoms with van der Waals surface area (Å²) in [6, 6.07) is 11.0. The molecule has 2 fully saturated rings. The number of aryl methyl sites for hydroxylation is 1. The second-order valence-electron chi connectivity index (χ2n) is 10.3.